The van der Waals surface area contributed by atoms with Crippen molar-refractivity contribution in [2.24, 2.45) is 11.8 Å². The van der Waals surface area contributed by atoms with Crippen molar-refractivity contribution in [2.75, 3.05) is 25.0 Å². The summed E-state index contributed by atoms with van der Waals surface area (Å²) < 4.78 is 5.80. The van der Waals surface area contributed by atoms with Gasteiger partial charge in [-0.05, 0) is 30.0 Å². The SMILES string of the molecule is CC1CC(C(=O)O)CN(C(=O)Nc2cccc(OCCc3ccccc3)c2)C1. The summed E-state index contributed by atoms with van der Waals surface area (Å²) >= 11 is 0. The van der Waals surface area contributed by atoms with Crippen molar-refractivity contribution < 1.29 is 19.4 Å². The van der Waals surface area contributed by atoms with Gasteiger partial charge in [0.05, 0.1) is 12.5 Å². The maximum Gasteiger partial charge on any atom is 0.321 e. The number of carbonyl (C=O) groups excluding carboxylic acids is 1. The molecule has 0 spiro atoms. The Bertz CT molecular complexity index is 809. The molecule has 1 heterocycles. The number of nitrogens with one attached hydrogen (secondary N) is 1. The highest BCUT2D eigenvalue weighted by atomic mass is 16.5. The van der Waals surface area contributed by atoms with E-state index in [1.54, 1.807) is 17.0 Å². The van der Waals surface area contributed by atoms with E-state index in [1.807, 2.05) is 37.3 Å². The molecule has 1 saturated heterocycles. The lowest BCUT2D eigenvalue weighted by Gasteiger charge is -2.34. The average Bonchev–Trinajstić information content (AvgIpc) is 2.68. The molecular formula is C22H26N2O4. The molecule has 3 rings (SSSR count). The lowest BCUT2D eigenvalue weighted by atomic mass is 9.91. The van der Waals surface area contributed by atoms with Crippen LogP contribution in [0, 0.1) is 11.8 Å². The lowest BCUT2D eigenvalue weighted by molar-refractivity contribution is -0.143. The molecule has 1 fully saturated rings. The van der Waals surface area contributed by atoms with Gasteiger partial charge in [-0.15, -0.1) is 0 Å². The number of aliphatic carboxylic acids is 1. The normalized spacial score (nSPS) is 19.1. The quantitative estimate of drug-likeness (QED) is 0.795. The van der Waals surface area contributed by atoms with Crippen LogP contribution < -0.4 is 10.1 Å². The molecule has 0 bridgehead atoms. The van der Waals surface area contributed by atoms with E-state index in [2.05, 4.69) is 17.4 Å². The topological polar surface area (TPSA) is 78.9 Å². The molecule has 0 radical (unpaired) electrons. The molecule has 0 aromatic heterocycles. The fourth-order valence-electron chi connectivity index (χ4n) is 3.49. The third-order valence-electron chi connectivity index (χ3n) is 4.88. The molecule has 1 aliphatic heterocycles. The molecule has 1 aliphatic rings. The predicted molar refractivity (Wildman–Crippen MR) is 108 cm³/mol. The lowest BCUT2D eigenvalue weighted by Crippen LogP contribution is -2.47. The minimum Gasteiger partial charge on any atom is -0.493 e. The van der Waals surface area contributed by atoms with Gasteiger partial charge in [-0.25, -0.2) is 4.79 Å². The van der Waals surface area contributed by atoms with Gasteiger partial charge in [0.25, 0.3) is 0 Å². The number of benzene rings is 2. The van der Waals surface area contributed by atoms with Gasteiger partial charge < -0.3 is 20.1 Å². The second-order valence-corrected chi connectivity index (χ2v) is 7.32. The third-order valence-corrected chi connectivity index (χ3v) is 4.88. The first-order chi connectivity index (χ1) is 13.5. The summed E-state index contributed by atoms with van der Waals surface area (Å²) in [5.41, 5.74) is 1.84. The van der Waals surface area contributed by atoms with Crippen molar-refractivity contribution in [3.05, 3.63) is 60.2 Å². The highest BCUT2D eigenvalue weighted by Crippen LogP contribution is 2.23. The van der Waals surface area contributed by atoms with Crippen LogP contribution in [0.3, 0.4) is 0 Å². The number of carboxylic acid groups (broad SMARTS) is 1. The minimum absolute atomic E-state index is 0.160. The van der Waals surface area contributed by atoms with Crippen molar-refractivity contribution in [1.82, 2.24) is 4.90 Å². The molecule has 2 aromatic rings. The fourth-order valence-corrected chi connectivity index (χ4v) is 3.49. The Labute approximate surface area is 165 Å². The van der Waals surface area contributed by atoms with E-state index in [0.29, 0.717) is 31.0 Å². The summed E-state index contributed by atoms with van der Waals surface area (Å²) in [6.07, 6.45) is 1.41. The molecule has 28 heavy (non-hydrogen) atoms. The molecule has 2 atom stereocenters. The number of ether oxygens (including phenoxy) is 1. The number of piperidine rings is 1. The molecule has 6 heteroatoms. The minimum atomic E-state index is -0.849. The molecule has 0 aliphatic carbocycles. The standard InChI is InChI=1S/C22H26N2O4/c1-16-12-18(21(25)26)15-24(14-16)22(27)23-19-8-5-9-20(13-19)28-11-10-17-6-3-2-4-7-17/h2-9,13,16,18H,10-12,14-15H2,1H3,(H,23,27)(H,25,26). The van der Waals surface area contributed by atoms with Crippen LogP contribution in [-0.4, -0.2) is 41.7 Å². The van der Waals surface area contributed by atoms with Crippen molar-refractivity contribution in [2.45, 2.75) is 19.8 Å². The van der Waals surface area contributed by atoms with E-state index in [9.17, 15) is 14.7 Å². The first kappa shape index (κ1) is 19.7. The largest absolute Gasteiger partial charge is 0.493 e. The Morgan fingerprint density at radius 2 is 1.93 bits per heavy atom. The smallest absolute Gasteiger partial charge is 0.321 e. The van der Waals surface area contributed by atoms with Crippen LogP contribution >= 0.6 is 0 Å². The zero-order chi connectivity index (χ0) is 19.9. The van der Waals surface area contributed by atoms with Crippen molar-refractivity contribution in [3.8, 4) is 5.75 Å². The van der Waals surface area contributed by atoms with Gasteiger partial charge in [-0.2, -0.15) is 0 Å². The highest BCUT2D eigenvalue weighted by molar-refractivity contribution is 5.90. The number of urea groups is 1. The molecule has 6 nitrogen and oxygen atoms in total. The van der Waals surface area contributed by atoms with Gasteiger partial charge in [0.15, 0.2) is 0 Å². The van der Waals surface area contributed by atoms with Gasteiger partial charge in [0.2, 0.25) is 0 Å². The second-order valence-electron chi connectivity index (χ2n) is 7.32. The van der Waals surface area contributed by atoms with Crippen LogP contribution in [0.1, 0.15) is 18.9 Å². The van der Waals surface area contributed by atoms with Gasteiger partial charge >= 0.3 is 12.0 Å². The monoisotopic (exact) mass is 382 g/mol. The number of carboxylic acids is 1. The zero-order valence-corrected chi connectivity index (χ0v) is 16.0. The van der Waals surface area contributed by atoms with E-state index in [0.717, 1.165) is 6.42 Å². The number of nitrogens with zero attached hydrogens (tertiary/aromatic N) is 1. The fraction of sp³-hybridized carbons (Fsp3) is 0.364. The highest BCUT2D eigenvalue weighted by Gasteiger charge is 2.31. The van der Waals surface area contributed by atoms with Crippen LogP contribution in [0.4, 0.5) is 10.5 Å². The number of hydrogen-bond acceptors (Lipinski definition) is 3. The number of likely N-dealkylation sites (tertiary alicyclic amines) is 1. The maximum absolute atomic E-state index is 12.6. The summed E-state index contributed by atoms with van der Waals surface area (Å²) in [5.74, 6) is -0.516. The van der Waals surface area contributed by atoms with Gasteiger partial charge in [-0.3, -0.25) is 4.79 Å². The molecule has 2 amide bonds. The Kier molecular flexibility index (Phi) is 6.53. The van der Waals surface area contributed by atoms with E-state index in [1.165, 1.54) is 5.56 Å². The Morgan fingerprint density at radius 3 is 2.68 bits per heavy atom. The maximum atomic E-state index is 12.6. The molecule has 0 saturated carbocycles. The van der Waals surface area contributed by atoms with E-state index in [4.69, 9.17) is 4.74 Å². The molecule has 2 unspecified atom stereocenters. The molecule has 2 N–H and O–H groups in total. The Hall–Kier alpha value is -3.02. The first-order valence-corrected chi connectivity index (χ1v) is 9.57. The van der Waals surface area contributed by atoms with E-state index in [-0.39, 0.29) is 18.5 Å². The Balaban J connectivity index is 1.54. The van der Waals surface area contributed by atoms with Gasteiger partial charge in [-0.1, -0.05) is 43.3 Å². The molecule has 148 valence electrons. The number of amides is 2. The van der Waals surface area contributed by atoms with Crippen LogP contribution in [0.15, 0.2) is 54.6 Å². The van der Waals surface area contributed by atoms with Crippen LogP contribution in [0.5, 0.6) is 5.75 Å². The third kappa shape index (κ3) is 5.49. The van der Waals surface area contributed by atoms with Crippen LogP contribution in [-0.2, 0) is 11.2 Å². The van der Waals surface area contributed by atoms with Gasteiger partial charge in [0.1, 0.15) is 5.75 Å². The van der Waals surface area contributed by atoms with Crippen molar-refractivity contribution in [3.63, 3.8) is 0 Å². The molecule has 2 aromatic carbocycles. The van der Waals surface area contributed by atoms with E-state index >= 15 is 0 Å². The van der Waals surface area contributed by atoms with E-state index < -0.39 is 11.9 Å². The number of rotatable bonds is 6. The summed E-state index contributed by atoms with van der Waals surface area (Å²) in [4.78, 5) is 25.5. The second kappa shape index (κ2) is 9.26. The van der Waals surface area contributed by atoms with Crippen molar-refractivity contribution in [1.29, 1.82) is 0 Å². The molecular weight excluding hydrogens is 356 g/mol. The summed E-state index contributed by atoms with van der Waals surface area (Å²) in [6, 6.07) is 17.1. The summed E-state index contributed by atoms with van der Waals surface area (Å²) in [6.45, 7) is 3.31. The Morgan fingerprint density at radius 1 is 1.14 bits per heavy atom. The summed E-state index contributed by atoms with van der Waals surface area (Å²) in [5, 5.41) is 12.1. The van der Waals surface area contributed by atoms with Crippen LogP contribution in [0.25, 0.3) is 0 Å². The number of hydrogen-bond donors (Lipinski definition) is 2. The summed E-state index contributed by atoms with van der Waals surface area (Å²) in [7, 11) is 0. The van der Waals surface area contributed by atoms with Crippen molar-refractivity contribution >= 4 is 17.7 Å². The number of anilines is 1. The zero-order valence-electron chi connectivity index (χ0n) is 16.0. The van der Waals surface area contributed by atoms with Gasteiger partial charge in [0, 0.05) is 31.3 Å². The van der Waals surface area contributed by atoms with Crippen LogP contribution in [0.2, 0.25) is 0 Å². The predicted octanol–water partition coefficient (Wildman–Crippen LogP) is 3.88. The number of carbonyl (C=O) groups is 2. The average molecular weight is 382 g/mol. The first-order valence-electron chi connectivity index (χ1n) is 9.57.